The van der Waals surface area contributed by atoms with Crippen LogP contribution in [-0.4, -0.2) is 22.3 Å². The van der Waals surface area contributed by atoms with Crippen molar-refractivity contribution < 1.29 is 23.4 Å². The van der Waals surface area contributed by atoms with Gasteiger partial charge in [0, 0.05) is 10.5 Å². The monoisotopic (exact) mass is 253 g/mol. The number of rotatable bonds is 3. The average molecular weight is 253 g/mol. The van der Waals surface area contributed by atoms with Gasteiger partial charge < -0.3 is 15.9 Å². The molecule has 1 atom stereocenters. The van der Waals surface area contributed by atoms with Gasteiger partial charge in [-0.3, -0.25) is 0 Å². The fraction of sp³-hybridized carbons (Fsp3) is 0.333. The Bertz CT molecular complexity index is 370. The van der Waals surface area contributed by atoms with Crippen molar-refractivity contribution in [1.29, 1.82) is 0 Å². The molecule has 0 fully saturated rings. The summed E-state index contributed by atoms with van der Waals surface area (Å²) in [5.41, 5.74) is 1.13. The third-order valence-electron chi connectivity index (χ3n) is 1.83. The Morgan fingerprint density at radius 1 is 1.38 bits per heavy atom. The second-order valence-electron chi connectivity index (χ2n) is 3.06. The number of aliphatic hydroxyl groups excluding tert-OH is 1. The Kier molecular flexibility index (Phi) is 4.06. The van der Waals surface area contributed by atoms with Gasteiger partial charge in [0.1, 0.15) is 5.75 Å². The van der Waals surface area contributed by atoms with Crippen LogP contribution in [0.2, 0.25) is 0 Å². The lowest BCUT2D eigenvalue weighted by molar-refractivity contribution is -0.0328. The molecule has 4 N–H and O–H groups in total. The molecule has 90 valence electrons. The van der Waals surface area contributed by atoms with Crippen molar-refractivity contribution in [3.05, 3.63) is 23.8 Å². The maximum absolute atomic E-state index is 12.1. The molecular weight excluding hydrogens is 243 g/mol. The summed E-state index contributed by atoms with van der Waals surface area (Å²) in [6, 6.07) is 2.49. The van der Waals surface area contributed by atoms with E-state index in [0.717, 1.165) is 18.2 Å². The fourth-order valence-corrected chi connectivity index (χ4v) is 1.71. The summed E-state index contributed by atoms with van der Waals surface area (Å²) in [6.45, 7) is -0.451. The number of phenols is 1. The molecule has 0 saturated heterocycles. The van der Waals surface area contributed by atoms with Crippen LogP contribution in [0.1, 0.15) is 11.6 Å². The molecule has 0 aliphatic rings. The highest BCUT2D eigenvalue weighted by molar-refractivity contribution is 8.00. The number of benzene rings is 1. The van der Waals surface area contributed by atoms with E-state index in [9.17, 15) is 18.3 Å². The molecule has 1 rings (SSSR count). The van der Waals surface area contributed by atoms with E-state index >= 15 is 0 Å². The van der Waals surface area contributed by atoms with Crippen LogP contribution in [0.15, 0.2) is 23.1 Å². The van der Waals surface area contributed by atoms with Crippen LogP contribution in [0.5, 0.6) is 5.75 Å². The van der Waals surface area contributed by atoms with Crippen molar-refractivity contribution in [3.8, 4) is 5.75 Å². The lowest BCUT2D eigenvalue weighted by Crippen LogP contribution is -2.14. The maximum Gasteiger partial charge on any atom is 0.446 e. The van der Waals surface area contributed by atoms with Gasteiger partial charge in [-0.2, -0.15) is 13.2 Å². The van der Waals surface area contributed by atoms with Gasteiger partial charge in [-0.1, -0.05) is 0 Å². The predicted octanol–water partition coefficient (Wildman–Crippen LogP) is 2.00. The molecule has 0 spiro atoms. The predicted molar refractivity (Wildman–Crippen MR) is 54.0 cm³/mol. The van der Waals surface area contributed by atoms with Gasteiger partial charge >= 0.3 is 5.51 Å². The summed E-state index contributed by atoms with van der Waals surface area (Å²) >= 11 is -0.297. The number of halogens is 3. The lowest BCUT2D eigenvalue weighted by atomic mass is 10.1. The Hall–Kier alpha value is -0.920. The molecule has 7 heteroatoms. The largest absolute Gasteiger partial charge is 0.508 e. The van der Waals surface area contributed by atoms with Crippen LogP contribution < -0.4 is 5.73 Å². The lowest BCUT2D eigenvalue weighted by Gasteiger charge is -2.13. The van der Waals surface area contributed by atoms with E-state index in [2.05, 4.69) is 0 Å². The first-order valence-corrected chi connectivity index (χ1v) is 5.10. The second kappa shape index (κ2) is 4.94. The van der Waals surface area contributed by atoms with E-state index in [1.165, 1.54) is 0 Å². The minimum atomic E-state index is -4.39. The van der Waals surface area contributed by atoms with Crippen molar-refractivity contribution in [2.75, 3.05) is 6.61 Å². The van der Waals surface area contributed by atoms with Crippen molar-refractivity contribution in [1.82, 2.24) is 0 Å². The summed E-state index contributed by atoms with van der Waals surface area (Å²) < 4.78 is 36.2. The highest BCUT2D eigenvalue weighted by atomic mass is 32.2. The molecule has 1 aromatic carbocycles. The molecule has 0 aliphatic heterocycles. The number of nitrogens with two attached hydrogens (primary N) is 1. The molecule has 0 bridgehead atoms. The van der Waals surface area contributed by atoms with Gasteiger partial charge in [-0.15, -0.1) is 0 Å². The van der Waals surface area contributed by atoms with Gasteiger partial charge in [-0.05, 0) is 30.0 Å². The molecule has 0 heterocycles. The summed E-state index contributed by atoms with van der Waals surface area (Å²) in [4.78, 5) is -0.0794. The summed E-state index contributed by atoms with van der Waals surface area (Å²) in [7, 11) is 0. The van der Waals surface area contributed by atoms with Gasteiger partial charge in [0.15, 0.2) is 0 Å². The van der Waals surface area contributed by atoms with E-state index in [-0.39, 0.29) is 28.0 Å². The second-order valence-corrected chi connectivity index (χ2v) is 4.20. The molecule has 0 aromatic heterocycles. The van der Waals surface area contributed by atoms with Crippen molar-refractivity contribution in [2.24, 2.45) is 5.73 Å². The van der Waals surface area contributed by atoms with E-state index in [0.29, 0.717) is 0 Å². The maximum atomic E-state index is 12.1. The smallest absolute Gasteiger partial charge is 0.446 e. The third kappa shape index (κ3) is 3.58. The summed E-state index contributed by atoms with van der Waals surface area (Å²) in [5.74, 6) is -0.229. The van der Waals surface area contributed by atoms with E-state index in [4.69, 9.17) is 10.8 Å². The first-order chi connectivity index (χ1) is 7.33. The zero-order valence-corrected chi connectivity index (χ0v) is 8.85. The van der Waals surface area contributed by atoms with Crippen molar-refractivity contribution in [2.45, 2.75) is 16.4 Å². The van der Waals surface area contributed by atoms with Gasteiger partial charge in [0.2, 0.25) is 0 Å². The number of aliphatic hydroxyl groups is 1. The Morgan fingerprint density at radius 3 is 2.50 bits per heavy atom. The Balaban J connectivity index is 2.98. The van der Waals surface area contributed by atoms with Crippen LogP contribution in [0.25, 0.3) is 0 Å². The number of thioether (sulfide) groups is 1. The van der Waals surface area contributed by atoms with Gasteiger partial charge in [0.05, 0.1) is 12.6 Å². The van der Waals surface area contributed by atoms with Gasteiger partial charge in [-0.25, -0.2) is 0 Å². The Morgan fingerprint density at radius 2 is 2.00 bits per heavy atom. The van der Waals surface area contributed by atoms with Crippen LogP contribution in [0.4, 0.5) is 13.2 Å². The third-order valence-corrected chi connectivity index (χ3v) is 2.55. The molecule has 0 amide bonds. The fourth-order valence-electron chi connectivity index (χ4n) is 1.13. The first-order valence-electron chi connectivity index (χ1n) is 4.28. The highest BCUT2D eigenvalue weighted by Gasteiger charge is 2.29. The summed E-state index contributed by atoms with van der Waals surface area (Å²) in [5, 5.41) is 18.1. The first kappa shape index (κ1) is 13.1. The van der Waals surface area contributed by atoms with Crippen molar-refractivity contribution >= 4 is 11.8 Å². The number of aromatic hydroxyl groups is 1. The van der Waals surface area contributed by atoms with E-state index in [1.807, 2.05) is 0 Å². The van der Waals surface area contributed by atoms with Crippen LogP contribution in [-0.2, 0) is 0 Å². The van der Waals surface area contributed by atoms with Crippen molar-refractivity contribution in [3.63, 3.8) is 0 Å². The standard InChI is InChI=1S/C9H10F3NO2S/c10-9(11,12)16-5-1-2-8(15)6(3-5)7(13)4-14/h1-3,7,14-15H,4,13H2/t7-/m0/s1. The summed E-state index contributed by atoms with van der Waals surface area (Å²) in [6.07, 6.45) is 0. The zero-order chi connectivity index (χ0) is 12.3. The molecule has 3 nitrogen and oxygen atoms in total. The molecule has 16 heavy (non-hydrogen) atoms. The number of hydrogen-bond acceptors (Lipinski definition) is 4. The normalized spacial score (nSPS) is 13.8. The molecule has 0 unspecified atom stereocenters. The zero-order valence-electron chi connectivity index (χ0n) is 8.03. The topological polar surface area (TPSA) is 66.5 Å². The molecular formula is C9H10F3NO2S. The highest BCUT2D eigenvalue weighted by Crippen LogP contribution is 2.38. The minimum absolute atomic E-state index is 0.0794. The number of phenolic OH excluding ortho intramolecular Hbond substituents is 1. The average Bonchev–Trinajstić information content (AvgIpc) is 2.18. The van der Waals surface area contributed by atoms with Crippen LogP contribution in [0, 0.1) is 0 Å². The molecule has 1 aromatic rings. The SMILES string of the molecule is N[C@@H](CO)c1cc(SC(F)(F)F)ccc1O. The van der Waals surface area contributed by atoms with Gasteiger partial charge in [0.25, 0.3) is 0 Å². The van der Waals surface area contributed by atoms with Crippen LogP contribution >= 0.6 is 11.8 Å². The number of hydrogen-bond donors (Lipinski definition) is 3. The van der Waals surface area contributed by atoms with E-state index < -0.39 is 18.2 Å². The molecule has 0 aliphatic carbocycles. The molecule has 0 saturated carbocycles. The molecule has 0 radical (unpaired) electrons. The quantitative estimate of drug-likeness (QED) is 0.721. The van der Waals surface area contributed by atoms with E-state index in [1.54, 1.807) is 0 Å². The minimum Gasteiger partial charge on any atom is -0.508 e. The van der Waals surface area contributed by atoms with Crippen LogP contribution in [0.3, 0.4) is 0 Å². The Labute approximate surface area is 94.1 Å². The number of alkyl halides is 3.